The fourth-order valence-corrected chi connectivity index (χ4v) is 4.00. The van der Waals surface area contributed by atoms with E-state index in [0.29, 0.717) is 41.7 Å². The molecule has 31 heavy (non-hydrogen) atoms. The lowest BCUT2D eigenvalue weighted by molar-refractivity contribution is -0.140. The van der Waals surface area contributed by atoms with E-state index in [1.165, 1.54) is 12.4 Å². The number of primary amides is 1. The summed E-state index contributed by atoms with van der Waals surface area (Å²) in [7, 11) is 0. The quantitative estimate of drug-likeness (QED) is 0.548. The van der Waals surface area contributed by atoms with E-state index in [1.54, 1.807) is 18.3 Å². The number of benzene rings is 2. The molecule has 1 saturated heterocycles. The third-order valence-corrected chi connectivity index (χ3v) is 5.49. The van der Waals surface area contributed by atoms with Crippen LogP contribution in [0.2, 0.25) is 0 Å². The maximum absolute atomic E-state index is 14.2. The Kier molecular flexibility index (Phi) is 5.48. The second-order valence-electron chi connectivity index (χ2n) is 7.40. The topological polar surface area (TPSA) is 92.9 Å². The van der Waals surface area contributed by atoms with Gasteiger partial charge in [-0.3, -0.25) is 4.79 Å². The van der Waals surface area contributed by atoms with E-state index in [9.17, 15) is 22.4 Å². The number of hydrogen-bond acceptors (Lipinski definition) is 5. The number of fused-ring (bicyclic) bond motifs is 1. The number of piperidine rings is 1. The number of anilines is 1. The molecular weight excluding hydrogens is 414 g/mol. The predicted molar refractivity (Wildman–Crippen MR) is 107 cm³/mol. The highest BCUT2D eigenvalue weighted by molar-refractivity contribution is 6.07. The first-order chi connectivity index (χ1) is 14.8. The number of alkyl halides is 3. The third-order valence-electron chi connectivity index (χ3n) is 5.49. The van der Waals surface area contributed by atoms with Crippen LogP contribution in [0.25, 0.3) is 10.9 Å². The third kappa shape index (κ3) is 4.15. The van der Waals surface area contributed by atoms with Gasteiger partial charge in [0.25, 0.3) is 5.91 Å². The van der Waals surface area contributed by atoms with Crippen LogP contribution in [-0.2, 0) is 6.18 Å². The van der Waals surface area contributed by atoms with E-state index in [-0.39, 0.29) is 17.5 Å². The van der Waals surface area contributed by atoms with Crippen LogP contribution < -0.4 is 16.4 Å². The number of rotatable bonds is 4. The summed E-state index contributed by atoms with van der Waals surface area (Å²) in [5.74, 6) is -2.13. The molecule has 10 heteroatoms. The van der Waals surface area contributed by atoms with Crippen molar-refractivity contribution in [2.24, 2.45) is 5.73 Å². The normalized spacial score (nSPS) is 19.4. The van der Waals surface area contributed by atoms with Crippen LogP contribution in [0, 0.1) is 5.82 Å². The smallest absolute Gasteiger partial charge is 0.380 e. The molecule has 2 unspecified atom stereocenters. The molecule has 2 heterocycles. The summed E-state index contributed by atoms with van der Waals surface area (Å²) in [5.41, 5.74) is 5.93. The molecule has 4 N–H and O–H groups in total. The van der Waals surface area contributed by atoms with Crippen molar-refractivity contribution in [1.82, 2.24) is 15.3 Å². The number of nitrogens with two attached hydrogens (primary N) is 1. The van der Waals surface area contributed by atoms with Gasteiger partial charge in [0.2, 0.25) is 0 Å². The largest absolute Gasteiger partial charge is 0.419 e. The van der Waals surface area contributed by atoms with Crippen LogP contribution in [0.15, 0.2) is 42.9 Å². The van der Waals surface area contributed by atoms with E-state index in [4.69, 9.17) is 5.73 Å². The number of nitrogens with one attached hydrogen (secondary N) is 2. The highest BCUT2D eigenvalue weighted by Gasteiger charge is 2.35. The summed E-state index contributed by atoms with van der Waals surface area (Å²) in [6, 6.07) is 6.08. The lowest BCUT2D eigenvalue weighted by Gasteiger charge is -2.34. The standard InChI is InChI=1S/C21H19F4N5O/c22-16-7-11(1-3-15(16)21(23,24)25)12-5-6-27-9-18(12)30-17-4-2-13(20(26)31)19-14(17)8-28-10-29-19/h1-4,7-8,10,12,18,27,30H,5-6,9H2,(H2,26,31). The van der Waals surface area contributed by atoms with Gasteiger partial charge in [-0.1, -0.05) is 6.07 Å². The maximum atomic E-state index is 14.2. The SMILES string of the molecule is NC(=O)c1ccc(NC2CNCCC2c2ccc(C(F)(F)F)c(F)c2)c2cncnc12. The minimum Gasteiger partial charge on any atom is -0.380 e. The monoisotopic (exact) mass is 433 g/mol. The second kappa shape index (κ2) is 8.10. The number of aromatic nitrogens is 2. The summed E-state index contributed by atoms with van der Waals surface area (Å²) in [4.78, 5) is 19.9. The Bertz CT molecular complexity index is 1130. The number of nitrogens with zero attached hydrogens (tertiary/aromatic N) is 2. The zero-order valence-corrected chi connectivity index (χ0v) is 16.2. The van der Waals surface area contributed by atoms with Crippen molar-refractivity contribution in [2.45, 2.75) is 24.6 Å². The molecule has 0 radical (unpaired) electrons. The van der Waals surface area contributed by atoms with E-state index in [0.717, 1.165) is 12.1 Å². The molecule has 1 aromatic heterocycles. The summed E-state index contributed by atoms with van der Waals surface area (Å²) in [5, 5.41) is 7.19. The molecule has 3 aromatic rings. The minimum atomic E-state index is -4.74. The molecule has 162 valence electrons. The zero-order valence-electron chi connectivity index (χ0n) is 16.2. The zero-order chi connectivity index (χ0) is 22.2. The molecule has 0 spiro atoms. The summed E-state index contributed by atoms with van der Waals surface area (Å²) >= 11 is 0. The Labute approximate surface area is 174 Å². The number of carbonyl (C=O) groups excluding carboxylic acids is 1. The van der Waals surface area contributed by atoms with Crippen molar-refractivity contribution in [1.29, 1.82) is 0 Å². The molecule has 1 fully saturated rings. The molecular formula is C21H19F4N5O. The minimum absolute atomic E-state index is 0.228. The molecule has 6 nitrogen and oxygen atoms in total. The van der Waals surface area contributed by atoms with Crippen LogP contribution in [0.3, 0.4) is 0 Å². The van der Waals surface area contributed by atoms with E-state index in [1.807, 2.05) is 0 Å². The Morgan fingerprint density at radius 2 is 2.03 bits per heavy atom. The van der Waals surface area contributed by atoms with Gasteiger partial charge < -0.3 is 16.4 Å². The molecule has 1 aliphatic heterocycles. The lowest BCUT2D eigenvalue weighted by Crippen LogP contribution is -2.44. The van der Waals surface area contributed by atoms with Crippen molar-refractivity contribution in [3.63, 3.8) is 0 Å². The first kappa shape index (κ1) is 21.0. The predicted octanol–water partition coefficient (Wildman–Crippen LogP) is 3.44. The Morgan fingerprint density at radius 3 is 2.74 bits per heavy atom. The van der Waals surface area contributed by atoms with Crippen LogP contribution >= 0.6 is 0 Å². The van der Waals surface area contributed by atoms with Crippen molar-refractivity contribution in [2.75, 3.05) is 18.4 Å². The molecule has 0 bridgehead atoms. The average molecular weight is 433 g/mol. The van der Waals surface area contributed by atoms with Crippen molar-refractivity contribution < 1.29 is 22.4 Å². The van der Waals surface area contributed by atoms with Gasteiger partial charge >= 0.3 is 6.18 Å². The molecule has 2 aromatic carbocycles. The Balaban J connectivity index is 1.68. The van der Waals surface area contributed by atoms with Gasteiger partial charge in [0.05, 0.1) is 16.6 Å². The van der Waals surface area contributed by atoms with Gasteiger partial charge in [0.15, 0.2) is 0 Å². The molecule has 0 aliphatic carbocycles. The molecule has 1 amide bonds. The molecule has 0 saturated carbocycles. The number of hydrogen-bond donors (Lipinski definition) is 3. The number of amides is 1. The van der Waals surface area contributed by atoms with Crippen molar-refractivity contribution in [3.8, 4) is 0 Å². The van der Waals surface area contributed by atoms with Gasteiger partial charge in [-0.05, 0) is 42.8 Å². The van der Waals surface area contributed by atoms with E-state index < -0.39 is 23.5 Å². The van der Waals surface area contributed by atoms with E-state index in [2.05, 4.69) is 20.6 Å². The molecule has 1 aliphatic rings. The van der Waals surface area contributed by atoms with Crippen molar-refractivity contribution in [3.05, 3.63) is 65.4 Å². The van der Waals surface area contributed by atoms with Crippen LogP contribution in [0.4, 0.5) is 23.2 Å². The first-order valence-corrected chi connectivity index (χ1v) is 9.62. The van der Waals surface area contributed by atoms with Crippen LogP contribution in [-0.4, -0.2) is 35.0 Å². The average Bonchev–Trinajstić information content (AvgIpc) is 2.73. The maximum Gasteiger partial charge on any atom is 0.419 e. The van der Waals surface area contributed by atoms with Gasteiger partial charge in [-0.15, -0.1) is 0 Å². The summed E-state index contributed by atoms with van der Waals surface area (Å²) in [6.07, 6.45) is -1.26. The molecule has 4 rings (SSSR count). The Hall–Kier alpha value is -3.27. The summed E-state index contributed by atoms with van der Waals surface area (Å²) in [6.45, 7) is 1.16. The number of carbonyl (C=O) groups is 1. The summed E-state index contributed by atoms with van der Waals surface area (Å²) < 4.78 is 52.9. The van der Waals surface area contributed by atoms with Gasteiger partial charge in [-0.25, -0.2) is 14.4 Å². The molecule has 2 atom stereocenters. The second-order valence-corrected chi connectivity index (χ2v) is 7.40. The van der Waals surface area contributed by atoms with E-state index >= 15 is 0 Å². The van der Waals surface area contributed by atoms with Crippen molar-refractivity contribution >= 4 is 22.5 Å². The fourth-order valence-electron chi connectivity index (χ4n) is 4.00. The van der Waals surface area contributed by atoms with Crippen LogP contribution in [0.5, 0.6) is 0 Å². The van der Waals surface area contributed by atoms with Crippen LogP contribution in [0.1, 0.15) is 33.8 Å². The highest BCUT2D eigenvalue weighted by Crippen LogP contribution is 2.35. The van der Waals surface area contributed by atoms with Gasteiger partial charge in [-0.2, -0.15) is 13.2 Å². The highest BCUT2D eigenvalue weighted by atomic mass is 19.4. The Morgan fingerprint density at radius 1 is 1.23 bits per heavy atom. The lowest BCUT2D eigenvalue weighted by atomic mass is 9.85. The first-order valence-electron chi connectivity index (χ1n) is 9.62. The fraction of sp³-hybridized carbons (Fsp3) is 0.286. The van der Waals surface area contributed by atoms with Gasteiger partial charge in [0, 0.05) is 35.8 Å². The number of halogens is 4. The van der Waals surface area contributed by atoms with Gasteiger partial charge in [0.1, 0.15) is 12.1 Å².